The summed E-state index contributed by atoms with van der Waals surface area (Å²) in [5.74, 6) is -0.0518. The molecule has 0 spiro atoms. The fourth-order valence-electron chi connectivity index (χ4n) is 1.86. The van der Waals surface area contributed by atoms with Crippen LogP contribution in [0.4, 0.5) is 15.6 Å². The van der Waals surface area contributed by atoms with Crippen molar-refractivity contribution in [2.45, 2.75) is 26.2 Å². The number of hydrogen-bond acceptors (Lipinski definition) is 4. The van der Waals surface area contributed by atoms with Crippen LogP contribution in [0.25, 0.3) is 0 Å². The lowest BCUT2D eigenvalue weighted by Crippen LogP contribution is -2.26. The highest BCUT2D eigenvalue weighted by Gasteiger charge is 2.09. The van der Waals surface area contributed by atoms with Gasteiger partial charge in [0.1, 0.15) is 0 Å². The number of para-hydroxylation sites is 1. The van der Waals surface area contributed by atoms with Crippen LogP contribution in [0.2, 0.25) is 0 Å². The lowest BCUT2D eigenvalue weighted by atomic mass is 10.3. The molecular formula is C16H20N4O2S. The van der Waals surface area contributed by atoms with Crippen LogP contribution in [0, 0.1) is 0 Å². The normalized spacial score (nSPS) is 10.1. The highest BCUT2D eigenvalue weighted by molar-refractivity contribution is 7.13. The lowest BCUT2D eigenvalue weighted by Gasteiger charge is -2.04. The third-order valence-electron chi connectivity index (χ3n) is 3.00. The number of urea groups is 1. The van der Waals surface area contributed by atoms with Gasteiger partial charge in [0.25, 0.3) is 0 Å². The molecule has 122 valence electrons. The van der Waals surface area contributed by atoms with E-state index >= 15 is 0 Å². The van der Waals surface area contributed by atoms with Crippen molar-refractivity contribution in [3.8, 4) is 0 Å². The van der Waals surface area contributed by atoms with E-state index in [0.29, 0.717) is 23.1 Å². The van der Waals surface area contributed by atoms with Gasteiger partial charge in [-0.05, 0) is 18.6 Å². The maximum Gasteiger partial charge on any atom is 0.325 e. The largest absolute Gasteiger partial charge is 0.356 e. The topological polar surface area (TPSA) is 83.1 Å². The molecule has 0 aliphatic rings. The zero-order valence-electron chi connectivity index (χ0n) is 13.0. The Morgan fingerprint density at radius 2 is 1.96 bits per heavy atom. The highest BCUT2D eigenvalue weighted by Crippen LogP contribution is 2.16. The van der Waals surface area contributed by atoms with E-state index in [1.54, 1.807) is 17.5 Å². The van der Waals surface area contributed by atoms with E-state index in [2.05, 4.69) is 27.9 Å². The van der Waals surface area contributed by atoms with Gasteiger partial charge in [0.05, 0.1) is 12.1 Å². The minimum absolute atomic E-state index is 0.0518. The summed E-state index contributed by atoms with van der Waals surface area (Å²) in [6.07, 6.45) is 2.24. The van der Waals surface area contributed by atoms with Gasteiger partial charge in [-0.25, -0.2) is 9.78 Å². The fraction of sp³-hybridized carbons (Fsp3) is 0.312. The van der Waals surface area contributed by atoms with E-state index in [9.17, 15) is 9.59 Å². The van der Waals surface area contributed by atoms with Crippen LogP contribution < -0.4 is 16.0 Å². The number of nitrogens with one attached hydrogen (secondary N) is 3. The van der Waals surface area contributed by atoms with Gasteiger partial charge in [-0.1, -0.05) is 31.5 Å². The zero-order chi connectivity index (χ0) is 16.5. The number of carbonyl (C=O) groups excluding carboxylic acids is 2. The molecule has 1 heterocycles. The van der Waals surface area contributed by atoms with Crippen molar-refractivity contribution in [2.24, 2.45) is 0 Å². The van der Waals surface area contributed by atoms with E-state index in [0.717, 1.165) is 12.8 Å². The molecule has 1 aromatic heterocycles. The molecule has 1 aromatic carbocycles. The number of unbranched alkanes of at least 4 members (excludes halogenated alkanes) is 1. The Labute approximate surface area is 139 Å². The molecule has 7 heteroatoms. The third-order valence-corrected chi connectivity index (χ3v) is 3.80. The monoisotopic (exact) mass is 332 g/mol. The molecule has 0 radical (unpaired) electrons. The summed E-state index contributed by atoms with van der Waals surface area (Å²) in [6, 6.07) is 8.80. The molecule has 0 aliphatic carbocycles. The summed E-state index contributed by atoms with van der Waals surface area (Å²) in [5.41, 5.74) is 1.36. The SMILES string of the molecule is CCCCNC(=O)Cc1csc(NC(=O)Nc2ccccc2)n1. The van der Waals surface area contributed by atoms with Gasteiger partial charge in [0.15, 0.2) is 5.13 Å². The number of anilines is 2. The van der Waals surface area contributed by atoms with Gasteiger partial charge in [-0.15, -0.1) is 11.3 Å². The van der Waals surface area contributed by atoms with Crippen LogP contribution in [0.15, 0.2) is 35.7 Å². The molecule has 23 heavy (non-hydrogen) atoms. The first kappa shape index (κ1) is 17.0. The average molecular weight is 332 g/mol. The summed E-state index contributed by atoms with van der Waals surface area (Å²) in [7, 11) is 0. The third kappa shape index (κ3) is 6.07. The summed E-state index contributed by atoms with van der Waals surface area (Å²) >= 11 is 1.30. The van der Waals surface area contributed by atoms with Gasteiger partial charge >= 0.3 is 6.03 Å². The van der Waals surface area contributed by atoms with Crippen LogP contribution in [0.3, 0.4) is 0 Å². The average Bonchev–Trinajstić information content (AvgIpc) is 2.95. The molecule has 3 amide bonds. The summed E-state index contributed by atoms with van der Waals surface area (Å²) in [4.78, 5) is 27.8. The summed E-state index contributed by atoms with van der Waals surface area (Å²) in [5, 5.41) is 10.5. The highest BCUT2D eigenvalue weighted by atomic mass is 32.1. The van der Waals surface area contributed by atoms with Gasteiger partial charge in [0.2, 0.25) is 5.91 Å². The van der Waals surface area contributed by atoms with Crippen molar-refractivity contribution < 1.29 is 9.59 Å². The maximum absolute atomic E-state index is 11.9. The first-order valence-electron chi connectivity index (χ1n) is 7.51. The Balaban J connectivity index is 1.80. The van der Waals surface area contributed by atoms with E-state index in [1.807, 2.05) is 18.2 Å². The predicted octanol–water partition coefficient (Wildman–Crippen LogP) is 3.25. The Bertz CT molecular complexity index is 643. The van der Waals surface area contributed by atoms with Gasteiger partial charge in [0, 0.05) is 17.6 Å². The molecule has 6 nitrogen and oxygen atoms in total. The van der Waals surface area contributed by atoms with Crippen LogP contribution in [0.5, 0.6) is 0 Å². The van der Waals surface area contributed by atoms with E-state index in [4.69, 9.17) is 0 Å². The molecule has 0 atom stereocenters. The Morgan fingerprint density at radius 3 is 2.70 bits per heavy atom. The smallest absolute Gasteiger partial charge is 0.325 e. The van der Waals surface area contributed by atoms with Crippen LogP contribution >= 0.6 is 11.3 Å². The molecule has 0 saturated heterocycles. The van der Waals surface area contributed by atoms with Gasteiger partial charge < -0.3 is 10.6 Å². The van der Waals surface area contributed by atoms with Crippen molar-refractivity contribution in [3.05, 3.63) is 41.4 Å². The number of thiazole rings is 1. The quantitative estimate of drug-likeness (QED) is 0.681. The predicted molar refractivity (Wildman–Crippen MR) is 92.8 cm³/mol. The van der Waals surface area contributed by atoms with Crippen molar-refractivity contribution in [2.75, 3.05) is 17.2 Å². The number of rotatable bonds is 7. The van der Waals surface area contributed by atoms with Crippen molar-refractivity contribution >= 4 is 34.1 Å². The Hall–Kier alpha value is -2.41. The van der Waals surface area contributed by atoms with E-state index in [-0.39, 0.29) is 18.4 Å². The second-order valence-corrected chi connectivity index (χ2v) is 5.83. The van der Waals surface area contributed by atoms with Gasteiger partial charge in [-0.2, -0.15) is 0 Å². The molecular weight excluding hydrogens is 312 g/mol. The summed E-state index contributed by atoms with van der Waals surface area (Å²) < 4.78 is 0. The second kappa shape index (κ2) is 8.89. The number of amides is 3. The lowest BCUT2D eigenvalue weighted by molar-refractivity contribution is -0.120. The number of hydrogen-bond donors (Lipinski definition) is 3. The molecule has 2 aromatic rings. The van der Waals surface area contributed by atoms with Gasteiger partial charge in [-0.3, -0.25) is 10.1 Å². The number of aromatic nitrogens is 1. The minimum atomic E-state index is -0.357. The second-order valence-electron chi connectivity index (χ2n) is 4.97. The van der Waals surface area contributed by atoms with Crippen LogP contribution in [0.1, 0.15) is 25.5 Å². The van der Waals surface area contributed by atoms with Crippen molar-refractivity contribution in [1.82, 2.24) is 10.3 Å². The van der Waals surface area contributed by atoms with E-state index in [1.165, 1.54) is 11.3 Å². The molecule has 3 N–H and O–H groups in total. The fourth-order valence-corrected chi connectivity index (χ4v) is 2.56. The zero-order valence-corrected chi connectivity index (χ0v) is 13.8. The Kier molecular flexibility index (Phi) is 6.56. The number of benzene rings is 1. The molecule has 0 fully saturated rings. The van der Waals surface area contributed by atoms with Crippen molar-refractivity contribution in [3.63, 3.8) is 0 Å². The minimum Gasteiger partial charge on any atom is -0.356 e. The van der Waals surface area contributed by atoms with Crippen molar-refractivity contribution in [1.29, 1.82) is 0 Å². The summed E-state index contributed by atoms with van der Waals surface area (Å²) in [6.45, 7) is 2.76. The van der Waals surface area contributed by atoms with E-state index < -0.39 is 0 Å². The molecule has 0 aliphatic heterocycles. The molecule has 0 unspecified atom stereocenters. The molecule has 2 rings (SSSR count). The van der Waals surface area contributed by atoms with Crippen LogP contribution in [-0.2, 0) is 11.2 Å². The Morgan fingerprint density at radius 1 is 1.17 bits per heavy atom. The number of nitrogens with zero attached hydrogens (tertiary/aromatic N) is 1. The first-order valence-corrected chi connectivity index (χ1v) is 8.39. The first-order chi connectivity index (χ1) is 11.2. The maximum atomic E-state index is 11.9. The standard InChI is InChI=1S/C16H20N4O2S/c1-2-3-9-17-14(21)10-13-11-23-16(19-13)20-15(22)18-12-7-5-4-6-8-12/h4-8,11H,2-3,9-10H2,1H3,(H,17,21)(H2,18,19,20,22). The number of carbonyl (C=O) groups is 2. The molecule has 0 saturated carbocycles. The molecule has 0 bridgehead atoms. The van der Waals surface area contributed by atoms with Crippen LogP contribution in [-0.4, -0.2) is 23.5 Å².